The monoisotopic (exact) mass is 322 g/mol. The van der Waals surface area contributed by atoms with Crippen LogP contribution in [0.1, 0.15) is 17.5 Å². The van der Waals surface area contributed by atoms with Crippen LogP contribution in [-0.2, 0) is 12.8 Å². The number of nitrogens with one attached hydrogen (secondary N) is 1. The van der Waals surface area contributed by atoms with Gasteiger partial charge in [-0.05, 0) is 35.6 Å². The Morgan fingerprint density at radius 2 is 1.96 bits per heavy atom. The summed E-state index contributed by atoms with van der Waals surface area (Å²) in [6.07, 6.45) is 4.19. The molecule has 3 nitrogen and oxygen atoms in total. The molecule has 1 aromatic heterocycles. The van der Waals surface area contributed by atoms with Gasteiger partial charge in [0.05, 0.1) is 11.0 Å². The molecule has 1 aliphatic rings. The Hall–Kier alpha value is -2.17. The fourth-order valence-corrected chi connectivity index (χ4v) is 3.90. The fourth-order valence-electron chi connectivity index (χ4n) is 3.07. The summed E-state index contributed by atoms with van der Waals surface area (Å²) in [6, 6.07) is 16.6. The van der Waals surface area contributed by atoms with Crippen LogP contribution in [0, 0.1) is 0 Å². The second-order valence-corrected chi connectivity index (χ2v) is 6.89. The molecule has 2 N–H and O–H groups in total. The number of aryl methyl sites for hydroxylation is 1. The summed E-state index contributed by atoms with van der Waals surface area (Å²) in [5.74, 6) is 0. The molecule has 23 heavy (non-hydrogen) atoms. The first kappa shape index (κ1) is 14.4. The van der Waals surface area contributed by atoms with Gasteiger partial charge in [-0.15, -0.1) is 0 Å². The molecule has 0 spiro atoms. The average Bonchev–Trinajstić information content (AvgIpc) is 3.05. The van der Waals surface area contributed by atoms with Crippen LogP contribution in [0.3, 0.4) is 0 Å². The molecule has 0 radical (unpaired) electrons. The number of hydrogen-bond acceptors (Lipinski definition) is 4. The van der Waals surface area contributed by atoms with E-state index in [4.69, 9.17) is 0 Å². The van der Waals surface area contributed by atoms with E-state index in [1.807, 2.05) is 24.4 Å². The predicted molar refractivity (Wildman–Crippen MR) is 95.3 cm³/mol. The Labute approximate surface area is 139 Å². The molecule has 0 bridgehead atoms. The van der Waals surface area contributed by atoms with Crippen LogP contribution in [0.2, 0.25) is 0 Å². The highest BCUT2D eigenvalue weighted by Crippen LogP contribution is 2.34. The molecule has 0 fully saturated rings. The predicted octanol–water partition coefficient (Wildman–Crippen LogP) is 4.40. The maximum atomic E-state index is 9.96. The van der Waals surface area contributed by atoms with Crippen molar-refractivity contribution >= 4 is 22.2 Å². The van der Waals surface area contributed by atoms with Crippen molar-refractivity contribution in [3.05, 3.63) is 65.9 Å². The largest absolute Gasteiger partial charge is 0.393 e. The van der Waals surface area contributed by atoms with E-state index in [0.717, 1.165) is 35.0 Å². The Bertz CT molecular complexity index is 813. The minimum Gasteiger partial charge on any atom is -0.393 e. The molecule has 3 aromatic rings. The Morgan fingerprint density at radius 1 is 1.09 bits per heavy atom. The van der Waals surface area contributed by atoms with Gasteiger partial charge in [0.15, 0.2) is 5.13 Å². The van der Waals surface area contributed by atoms with Gasteiger partial charge in [-0.3, -0.25) is 0 Å². The van der Waals surface area contributed by atoms with Gasteiger partial charge in [-0.1, -0.05) is 53.8 Å². The van der Waals surface area contributed by atoms with Crippen LogP contribution in [0.25, 0.3) is 10.4 Å². The topological polar surface area (TPSA) is 45.1 Å². The number of anilines is 2. The number of aromatic nitrogens is 1. The van der Waals surface area contributed by atoms with Crippen molar-refractivity contribution in [1.29, 1.82) is 0 Å². The van der Waals surface area contributed by atoms with E-state index in [9.17, 15) is 5.11 Å². The smallest absolute Gasteiger partial charge is 0.187 e. The molecule has 0 aliphatic heterocycles. The maximum Gasteiger partial charge on any atom is 0.187 e. The minimum absolute atomic E-state index is 0.235. The normalized spacial score (nSPS) is 16.8. The first-order valence-electron chi connectivity index (χ1n) is 7.87. The van der Waals surface area contributed by atoms with E-state index < -0.39 is 0 Å². The van der Waals surface area contributed by atoms with Gasteiger partial charge in [0.1, 0.15) is 0 Å². The van der Waals surface area contributed by atoms with Gasteiger partial charge in [-0.25, -0.2) is 4.98 Å². The summed E-state index contributed by atoms with van der Waals surface area (Å²) in [5, 5.41) is 14.3. The van der Waals surface area contributed by atoms with Crippen molar-refractivity contribution in [2.75, 3.05) is 5.32 Å². The summed E-state index contributed by atoms with van der Waals surface area (Å²) in [7, 11) is 0. The molecule has 2 aromatic carbocycles. The van der Waals surface area contributed by atoms with E-state index in [1.165, 1.54) is 16.7 Å². The Kier molecular flexibility index (Phi) is 3.85. The van der Waals surface area contributed by atoms with E-state index in [1.54, 1.807) is 11.3 Å². The van der Waals surface area contributed by atoms with Gasteiger partial charge < -0.3 is 10.4 Å². The highest BCUT2D eigenvalue weighted by Gasteiger charge is 2.19. The number of aliphatic hydroxyl groups is 1. The zero-order valence-electron chi connectivity index (χ0n) is 12.7. The van der Waals surface area contributed by atoms with Crippen LogP contribution in [-0.4, -0.2) is 16.2 Å². The van der Waals surface area contributed by atoms with E-state index >= 15 is 0 Å². The van der Waals surface area contributed by atoms with E-state index in [0.29, 0.717) is 0 Å². The van der Waals surface area contributed by atoms with Crippen molar-refractivity contribution in [1.82, 2.24) is 4.98 Å². The Balaban J connectivity index is 1.61. The molecule has 1 atom stereocenters. The number of nitrogens with zero attached hydrogens (tertiary/aromatic N) is 1. The number of benzene rings is 2. The minimum atomic E-state index is -0.235. The molecular formula is C19H18N2OS. The van der Waals surface area contributed by atoms with E-state index in [2.05, 4.69) is 40.6 Å². The molecule has 4 heteroatoms. The number of thiazole rings is 1. The maximum absolute atomic E-state index is 9.96. The third-order valence-corrected chi connectivity index (χ3v) is 5.23. The van der Waals surface area contributed by atoms with Crippen molar-refractivity contribution in [2.45, 2.75) is 25.4 Å². The number of fused-ring (bicyclic) bond motifs is 1. The first-order valence-corrected chi connectivity index (χ1v) is 8.68. The number of hydrogen-bond donors (Lipinski definition) is 2. The molecular weight excluding hydrogens is 304 g/mol. The lowest BCUT2D eigenvalue weighted by molar-refractivity contribution is 0.159. The lowest BCUT2D eigenvalue weighted by atomic mass is 9.89. The molecule has 0 saturated heterocycles. The van der Waals surface area contributed by atoms with Crippen LogP contribution >= 0.6 is 11.3 Å². The van der Waals surface area contributed by atoms with Crippen molar-refractivity contribution in [2.24, 2.45) is 0 Å². The molecule has 1 aliphatic carbocycles. The third-order valence-electron chi connectivity index (χ3n) is 4.27. The summed E-state index contributed by atoms with van der Waals surface area (Å²) in [6.45, 7) is 0. The quantitative estimate of drug-likeness (QED) is 0.751. The highest BCUT2D eigenvalue weighted by molar-refractivity contribution is 7.18. The van der Waals surface area contributed by atoms with Crippen LogP contribution in [0.15, 0.2) is 54.7 Å². The molecule has 1 heterocycles. The Morgan fingerprint density at radius 3 is 2.83 bits per heavy atom. The van der Waals surface area contributed by atoms with Crippen molar-refractivity contribution in [3.8, 4) is 10.4 Å². The van der Waals surface area contributed by atoms with Crippen molar-refractivity contribution < 1.29 is 5.11 Å². The summed E-state index contributed by atoms with van der Waals surface area (Å²) < 4.78 is 0. The van der Waals surface area contributed by atoms with Gasteiger partial charge in [0.25, 0.3) is 0 Å². The van der Waals surface area contributed by atoms with Crippen LogP contribution in [0.4, 0.5) is 10.8 Å². The summed E-state index contributed by atoms with van der Waals surface area (Å²) >= 11 is 1.65. The molecule has 0 saturated carbocycles. The van der Waals surface area contributed by atoms with Gasteiger partial charge in [-0.2, -0.15) is 0 Å². The van der Waals surface area contributed by atoms with Crippen molar-refractivity contribution in [3.63, 3.8) is 0 Å². The van der Waals surface area contributed by atoms with Crippen LogP contribution in [0.5, 0.6) is 0 Å². The number of aliphatic hydroxyl groups excluding tert-OH is 1. The highest BCUT2D eigenvalue weighted by atomic mass is 32.1. The molecule has 0 amide bonds. The summed E-state index contributed by atoms with van der Waals surface area (Å²) in [4.78, 5) is 5.65. The zero-order chi connectivity index (χ0) is 15.6. The lowest BCUT2D eigenvalue weighted by Crippen LogP contribution is -2.19. The molecule has 1 unspecified atom stereocenters. The van der Waals surface area contributed by atoms with Gasteiger partial charge in [0, 0.05) is 18.3 Å². The van der Waals surface area contributed by atoms with E-state index in [-0.39, 0.29) is 6.10 Å². The first-order chi connectivity index (χ1) is 11.3. The summed E-state index contributed by atoms with van der Waals surface area (Å²) in [5.41, 5.74) is 4.81. The standard InChI is InChI=1S/C19H18N2OS/c22-15-10-9-13-7-4-8-17(16(13)11-15)21-19-20-12-18(23-19)14-5-2-1-3-6-14/h1-8,12,15,22H,9-11H2,(H,20,21). The third kappa shape index (κ3) is 3.00. The molecule has 116 valence electrons. The second kappa shape index (κ2) is 6.14. The van der Waals surface area contributed by atoms with Gasteiger partial charge in [0.2, 0.25) is 0 Å². The van der Waals surface area contributed by atoms with Crippen LogP contribution < -0.4 is 5.32 Å². The van der Waals surface area contributed by atoms with Gasteiger partial charge >= 0.3 is 0 Å². The average molecular weight is 322 g/mol. The number of rotatable bonds is 3. The lowest BCUT2D eigenvalue weighted by Gasteiger charge is -2.23. The zero-order valence-corrected chi connectivity index (χ0v) is 13.5. The SMILES string of the molecule is OC1CCc2cccc(Nc3ncc(-c4ccccc4)s3)c2C1. The fraction of sp³-hybridized carbons (Fsp3) is 0.211. The second-order valence-electron chi connectivity index (χ2n) is 5.86. The molecule has 4 rings (SSSR count).